The third-order valence-electron chi connectivity index (χ3n) is 7.14. The van der Waals surface area contributed by atoms with E-state index in [0.717, 1.165) is 71.9 Å². The van der Waals surface area contributed by atoms with Crippen LogP contribution in [0.4, 0.5) is 0 Å². The van der Waals surface area contributed by atoms with Gasteiger partial charge in [0.15, 0.2) is 5.58 Å². The molecule has 1 saturated heterocycles. The van der Waals surface area contributed by atoms with Crippen LogP contribution in [0.2, 0.25) is 0 Å². The summed E-state index contributed by atoms with van der Waals surface area (Å²) in [6.45, 7) is 5.85. The fourth-order valence-corrected chi connectivity index (χ4v) is 4.96. The molecular weight excluding hydrogens is 434 g/mol. The fraction of sp³-hybridized carbons (Fsp3) is 0.333. The van der Waals surface area contributed by atoms with Gasteiger partial charge in [-0.05, 0) is 87.0 Å². The number of aryl methyl sites for hydroxylation is 2. The molecule has 5 rings (SSSR count). The molecule has 0 atom stereocenters. The number of aromatic nitrogens is 1. The zero-order valence-electron chi connectivity index (χ0n) is 20.2. The average Bonchev–Trinajstić information content (AvgIpc) is 3.33. The van der Waals surface area contributed by atoms with Crippen molar-refractivity contribution in [2.24, 2.45) is 5.92 Å². The molecular formula is C30H31N3O2. The lowest BCUT2D eigenvalue weighted by atomic mass is 9.91. The molecule has 0 aliphatic carbocycles. The lowest BCUT2D eigenvalue weighted by Crippen LogP contribution is -2.33. The highest BCUT2D eigenvalue weighted by Crippen LogP contribution is 2.31. The highest BCUT2D eigenvalue weighted by atomic mass is 16.5. The second kappa shape index (κ2) is 10.8. The minimum atomic E-state index is 0.446. The van der Waals surface area contributed by atoms with E-state index in [2.05, 4.69) is 52.5 Å². The maximum Gasteiger partial charge on any atom is 0.173 e. The number of piperidine rings is 1. The number of hydrogen-bond donors (Lipinski definition) is 0. The molecule has 0 spiro atoms. The number of hydrogen-bond acceptors (Lipinski definition) is 5. The van der Waals surface area contributed by atoms with Gasteiger partial charge in [0.1, 0.15) is 12.4 Å². The summed E-state index contributed by atoms with van der Waals surface area (Å²) in [7, 11) is 0. The molecule has 35 heavy (non-hydrogen) atoms. The summed E-state index contributed by atoms with van der Waals surface area (Å²) >= 11 is 0. The van der Waals surface area contributed by atoms with Gasteiger partial charge in [0.05, 0.1) is 17.3 Å². The Kier molecular flexibility index (Phi) is 7.11. The molecule has 0 N–H and O–H groups in total. The Labute approximate surface area is 206 Å². The largest absolute Gasteiger partial charge is 0.488 e. The van der Waals surface area contributed by atoms with Crippen molar-refractivity contribution >= 4 is 11.0 Å². The molecule has 0 saturated carbocycles. The first-order valence-corrected chi connectivity index (χ1v) is 12.5. The number of nitrogens with zero attached hydrogens (tertiary/aromatic N) is 3. The third-order valence-corrected chi connectivity index (χ3v) is 7.14. The Bertz CT molecular complexity index is 1300. The molecule has 1 aromatic heterocycles. The predicted molar refractivity (Wildman–Crippen MR) is 137 cm³/mol. The zero-order valence-corrected chi connectivity index (χ0v) is 20.2. The van der Waals surface area contributed by atoms with E-state index in [0.29, 0.717) is 12.2 Å². The van der Waals surface area contributed by atoms with Gasteiger partial charge in [0.25, 0.3) is 0 Å². The SMILES string of the molecule is Cc1c(OCc2ccc(C#N)cc2)ccc2c(CCC3CCN(Cc4ccccc4)CC3)noc12. The Morgan fingerprint density at radius 2 is 1.77 bits per heavy atom. The van der Waals surface area contributed by atoms with E-state index in [-0.39, 0.29) is 0 Å². The van der Waals surface area contributed by atoms with Crippen LogP contribution in [0.1, 0.15) is 47.2 Å². The smallest absolute Gasteiger partial charge is 0.173 e. The molecule has 5 nitrogen and oxygen atoms in total. The molecule has 0 unspecified atom stereocenters. The van der Waals surface area contributed by atoms with Crippen molar-refractivity contribution in [3.8, 4) is 11.8 Å². The maximum atomic E-state index is 8.95. The first-order valence-electron chi connectivity index (χ1n) is 12.5. The van der Waals surface area contributed by atoms with Crippen molar-refractivity contribution < 1.29 is 9.26 Å². The first kappa shape index (κ1) is 23.1. The van der Waals surface area contributed by atoms with Crippen molar-refractivity contribution in [2.75, 3.05) is 13.1 Å². The summed E-state index contributed by atoms with van der Waals surface area (Å²) in [4.78, 5) is 2.57. The summed E-state index contributed by atoms with van der Waals surface area (Å²) in [5.74, 6) is 1.54. The molecule has 5 heteroatoms. The Balaban J connectivity index is 1.15. The van der Waals surface area contributed by atoms with Gasteiger partial charge >= 0.3 is 0 Å². The van der Waals surface area contributed by atoms with Crippen LogP contribution in [0.5, 0.6) is 5.75 Å². The zero-order chi connectivity index (χ0) is 24.0. The molecule has 2 heterocycles. The predicted octanol–water partition coefficient (Wildman–Crippen LogP) is 6.43. The van der Waals surface area contributed by atoms with Gasteiger partial charge in [-0.3, -0.25) is 4.90 Å². The van der Waals surface area contributed by atoms with E-state index in [1.54, 1.807) is 0 Å². The second-order valence-electron chi connectivity index (χ2n) is 9.54. The number of rotatable bonds is 8. The number of nitriles is 1. The first-order chi connectivity index (χ1) is 17.2. The van der Waals surface area contributed by atoms with Gasteiger partial charge < -0.3 is 9.26 Å². The number of likely N-dealkylation sites (tertiary alicyclic amines) is 1. The summed E-state index contributed by atoms with van der Waals surface area (Å²) in [5.41, 5.74) is 5.91. The molecule has 1 fully saturated rings. The average molecular weight is 466 g/mol. The van der Waals surface area contributed by atoms with Crippen LogP contribution in [0, 0.1) is 24.2 Å². The fourth-order valence-electron chi connectivity index (χ4n) is 4.96. The third kappa shape index (κ3) is 5.55. The van der Waals surface area contributed by atoms with E-state index in [1.165, 1.54) is 18.4 Å². The topological polar surface area (TPSA) is 62.3 Å². The van der Waals surface area contributed by atoms with Crippen molar-refractivity contribution in [1.29, 1.82) is 5.26 Å². The van der Waals surface area contributed by atoms with Crippen LogP contribution in [0.25, 0.3) is 11.0 Å². The van der Waals surface area contributed by atoms with Crippen molar-refractivity contribution in [1.82, 2.24) is 10.1 Å². The van der Waals surface area contributed by atoms with Crippen molar-refractivity contribution in [3.63, 3.8) is 0 Å². The van der Waals surface area contributed by atoms with Crippen LogP contribution in [-0.4, -0.2) is 23.1 Å². The number of ether oxygens (including phenoxy) is 1. The minimum absolute atomic E-state index is 0.446. The van der Waals surface area contributed by atoms with E-state index in [4.69, 9.17) is 14.5 Å². The summed E-state index contributed by atoms with van der Waals surface area (Å²) in [6, 6.07) is 24.4. The Morgan fingerprint density at radius 1 is 1.00 bits per heavy atom. The van der Waals surface area contributed by atoms with Gasteiger partial charge in [-0.2, -0.15) is 5.26 Å². The molecule has 3 aromatic carbocycles. The summed E-state index contributed by atoms with van der Waals surface area (Å²) < 4.78 is 11.8. The lowest BCUT2D eigenvalue weighted by Gasteiger charge is -2.31. The number of benzene rings is 3. The van der Waals surface area contributed by atoms with Crippen LogP contribution in [-0.2, 0) is 19.6 Å². The highest BCUT2D eigenvalue weighted by Gasteiger charge is 2.21. The summed E-state index contributed by atoms with van der Waals surface area (Å²) in [5, 5.41) is 14.5. The maximum absolute atomic E-state index is 8.95. The monoisotopic (exact) mass is 465 g/mol. The summed E-state index contributed by atoms with van der Waals surface area (Å²) in [6.07, 6.45) is 4.59. The highest BCUT2D eigenvalue weighted by molar-refractivity contribution is 5.84. The van der Waals surface area contributed by atoms with Gasteiger partial charge in [-0.1, -0.05) is 47.6 Å². The lowest BCUT2D eigenvalue weighted by molar-refractivity contribution is 0.172. The van der Waals surface area contributed by atoms with Crippen LogP contribution < -0.4 is 4.74 Å². The van der Waals surface area contributed by atoms with E-state index < -0.39 is 0 Å². The Morgan fingerprint density at radius 3 is 2.51 bits per heavy atom. The van der Waals surface area contributed by atoms with Gasteiger partial charge in [0, 0.05) is 17.5 Å². The standard InChI is InChI=1S/C30H31N3O2/c1-22-29(34-21-26-9-7-24(19-31)8-10-26)14-12-27-28(32-35-30(22)27)13-11-23-15-17-33(18-16-23)20-25-5-3-2-4-6-25/h2-10,12,14,23H,11,13,15-18,20-21H2,1H3. The van der Waals surface area contributed by atoms with Gasteiger partial charge in [0.2, 0.25) is 0 Å². The van der Waals surface area contributed by atoms with Crippen LogP contribution in [0.15, 0.2) is 71.3 Å². The second-order valence-corrected chi connectivity index (χ2v) is 9.54. The minimum Gasteiger partial charge on any atom is -0.488 e. The molecule has 178 valence electrons. The van der Waals surface area contributed by atoms with E-state index in [1.807, 2.05) is 37.3 Å². The van der Waals surface area contributed by atoms with Gasteiger partial charge in [-0.25, -0.2) is 0 Å². The van der Waals surface area contributed by atoms with Crippen LogP contribution >= 0.6 is 0 Å². The molecule has 0 amide bonds. The van der Waals surface area contributed by atoms with Crippen molar-refractivity contribution in [2.45, 2.75) is 45.8 Å². The molecule has 0 bridgehead atoms. The van der Waals surface area contributed by atoms with Crippen LogP contribution in [0.3, 0.4) is 0 Å². The number of fused-ring (bicyclic) bond motifs is 1. The van der Waals surface area contributed by atoms with E-state index in [9.17, 15) is 0 Å². The molecule has 1 aliphatic rings. The molecule has 0 radical (unpaired) electrons. The Hall–Kier alpha value is -3.62. The normalized spacial score (nSPS) is 14.7. The van der Waals surface area contributed by atoms with Crippen molar-refractivity contribution in [3.05, 3.63) is 94.7 Å². The van der Waals surface area contributed by atoms with E-state index >= 15 is 0 Å². The van der Waals surface area contributed by atoms with Gasteiger partial charge in [-0.15, -0.1) is 0 Å². The molecule has 1 aliphatic heterocycles. The quantitative estimate of drug-likeness (QED) is 0.300. The molecule has 4 aromatic rings.